The summed E-state index contributed by atoms with van der Waals surface area (Å²) < 4.78 is 0. The summed E-state index contributed by atoms with van der Waals surface area (Å²) in [6, 6.07) is 1.50. The molecule has 0 aromatic carbocycles. The second-order valence-corrected chi connectivity index (χ2v) is 5.67. The van der Waals surface area contributed by atoms with Gasteiger partial charge in [0.25, 0.3) is 0 Å². The highest BCUT2D eigenvalue weighted by Crippen LogP contribution is 2.16. The highest BCUT2D eigenvalue weighted by atomic mass is 15.1. The average molecular weight is 225 g/mol. The maximum atomic E-state index is 3.78. The van der Waals surface area contributed by atoms with E-state index in [2.05, 4.69) is 29.5 Å². The van der Waals surface area contributed by atoms with E-state index in [0.29, 0.717) is 0 Å². The molecule has 2 rings (SSSR count). The zero-order valence-corrected chi connectivity index (χ0v) is 10.8. The van der Waals surface area contributed by atoms with Crippen LogP contribution in [0, 0.1) is 5.92 Å². The van der Waals surface area contributed by atoms with Crippen LogP contribution < -0.4 is 10.6 Å². The lowest BCUT2D eigenvalue weighted by molar-refractivity contribution is 0.164. The van der Waals surface area contributed by atoms with Crippen LogP contribution >= 0.6 is 0 Å². The van der Waals surface area contributed by atoms with Crippen molar-refractivity contribution in [3.05, 3.63) is 0 Å². The molecule has 0 bridgehead atoms. The molecule has 2 heterocycles. The standard InChI is InChI=1S/C13H27N3/c1-11-8-13(5-7-16(11)2)15-10-12-4-3-6-14-9-12/h11-15H,3-10H2,1-2H3. The molecule has 0 amide bonds. The van der Waals surface area contributed by atoms with E-state index < -0.39 is 0 Å². The van der Waals surface area contributed by atoms with Gasteiger partial charge in [-0.3, -0.25) is 0 Å². The Labute approximate surface area is 100.0 Å². The van der Waals surface area contributed by atoms with E-state index in [0.717, 1.165) is 18.0 Å². The molecule has 3 atom stereocenters. The maximum Gasteiger partial charge on any atom is 0.00941 e. The molecule has 2 saturated heterocycles. The van der Waals surface area contributed by atoms with Gasteiger partial charge in [-0.2, -0.15) is 0 Å². The van der Waals surface area contributed by atoms with E-state index in [1.54, 1.807) is 0 Å². The first-order valence-electron chi connectivity index (χ1n) is 6.90. The fraction of sp³-hybridized carbons (Fsp3) is 1.00. The summed E-state index contributed by atoms with van der Waals surface area (Å²) in [5.41, 5.74) is 0. The van der Waals surface area contributed by atoms with Crippen LogP contribution in [0.1, 0.15) is 32.6 Å². The Balaban J connectivity index is 1.65. The van der Waals surface area contributed by atoms with Crippen molar-refractivity contribution in [1.29, 1.82) is 0 Å². The van der Waals surface area contributed by atoms with Gasteiger partial charge in [0.1, 0.15) is 0 Å². The Morgan fingerprint density at radius 2 is 2.25 bits per heavy atom. The van der Waals surface area contributed by atoms with Crippen molar-refractivity contribution in [2.24, 2.45) is 5.92 Å². The molecule has 2 N–H and O–H groups in total. The smallest absolute Gasteiger partial charge is 0.00941 e. The molecule has 2 fully saturated rings. The van der Waals surface area contributed by atoms with Crippen molar-refractivity contribution < 1.29 is 0 Å². The summed E-state index contributed by atoms with van der Waals surface area (Å²) in [7, 11) is 2.24. The third-order valence-corrected chi connectivity index (χ3v) is 4.30. The molecule has 94 valence electrons. The Kier molecular flexibility index (Phi) is 4.62. The molecule has 0 aromatic heterocycles. The molecule has 16 heavy (non-hydrogen) atoms. The van der Waals surface area contributed by atoms with Crippen LogP contribution in [0.5, 0.6) is 0 Å². The predicted octanol–water partition coefficient (Wildman–Crippen LogP) is 1.06. The molecule has 0 radical (unpaired) electrons. The van der Waals surface area contributed by atoms with Crippen LogP contribution in [0.4, 0.5) is 0 Å². The van der Waals surface area contributed by atoms with Crippen molar-refractivity contribution in [1.82, 2.24) is 15.5 Å². The summed E-state index contributed by atoms with van der Waals surface area (Å²) in [5, 5.41) is 7.27. The highest BCUT2D eigenvalue weighted by molar-refractivity contribution is 4.82. The number of nitrogens with one attached hydrogen (secondary N) is 2. The van der Waals surface area contributed by atoms with Crippen LogP contribution in [0.2, 0.25) is 0 Å². The lowest BCUT2D eigenvalue weighted by Gasteiger charge is -2.36. The highest BCUT2D eigenvalue weighted by Gasteiger charge is 2.23. The third kappa shape index (κ3) is 3.44. The van der Waals surface area contributed by atoms with Crippen molar-refractivity contribution in [2.45, 2.75) is 44.7 Å². The van der Waals surface area contributed by atoms with Crippen LogP contribution in [0.25, 0.3) is 0 Å². The van der Waals surface area contributed by atoms with Gasteiger partial charge in [-0.15, -0.1) is 0 Å². The summed E-state index contributed by atoms with van der Waals surface area (Å²) in [6.07, 6.45) is 5.40. The molecule has 3 nitrogen and oxygen atoms in total. The molecule has 3 heteroatoms. The zero-order valence-electron chi connectivity index (χ0n) is 10.8. The fourth-order valence-electron chi connectivity index (χ4n) is 2.91. The minimum Gasteiger partial charge on any atom is -0.316 e. The van der Waals surface area contributed by atoms with Gasteiger partial charge in [-0.25, -0.2) is 0 Å². The third-order valence-electron chi connectivity index (χ3n) is 4.30. The lowest BCUT2D eigenvalue weighted by atomic mass is 9.96. The van der Waals surface area contributed by atoms with Crippen LogP contribution in [0.15, 0.2) is 0 Å². The SMILES string of the molecule is CC1CC(NCC2CCCNC2)CCN1C. The lowest BCUT2D eigenvalue weighted by Crippen LogP contribution is -2.47. The average Bonchev–Trinajstić information content (AvgIpc) is 2.32. The van der Waals surface area contributed by atoms with Gasteiger partial charge < -0.3 is 15.5 Å². The van der Waals surface area contributed by atoms with Crippen molar-refractivity contribution >= 4 is 0 Å². The van der Waals surface area contributed by atoms with Crippen molar-refractivity contribution in [3.63, 3.8) is 0 Å². The van der Waals surface area contributed by atoms with Gasteiger partial charge in [0, 0.05) is 12.1 Å². The molecule has 0 spiro atoms. The van der Waals surface area contributed by atoms with Gasteiger partial charge in [0.2, 0.25) is 0 Å². The monoisotopic (exact) mass is 225 g/mol. The van der Waals surface area contributed by atoms with Crippen LogP contribution in [-0.2, 0) is 0 Å². The molecule has 3 unspecified atom stereocenters. The number of likely N-dealkylation sites (tertiary alicyclic amines) is 1. The normalized spacial score (nSPS) is 37.5. The zero-order chi connectivity index (χ0) is 11.4. The fourth-order valence-corrected chi connectivity index (χ4v) is 2.91. The maximum absolute atomic E-state index is 3.78. The molecular formula is C13H27N3. The summed E-state index contributed by atoms with van der Waals surface area (Å²) in [6.45, 7) is 7.25. The van der Waals surface area contributed by atoms with E-state index >= 15 is 0 Å². The van der Waals surface area contributed by atoms with Gasteiger partial charge in [-0.1, -0.05) is 0 Å². The number of nitrogens with zero attached hydrogens (tertiary/aromatic N) is 1. The molecule has 0 saturated carbocycles. The summed E-state index contributed by atoms with van der Waals surface area (Å²) in [4.78, 5) is 2.47. The van der Waals surface area contributed by atoms with E-state index in [-0.39, 0.29) is 0 Å². The molecule has 0 aromatic rings. The summed E-state index contributed by atoms with van der Waals surface area (Å²) >= 11 is 0. The van der Waals surface area contributed by atoms with E-state index in [9.17, 15) is 0 Å². The number of hydrogen-bond donors (Lipinski definition) is 2. The number of piperidine rings is 2. The molecule has 2 aliphatic heterocycles. The van der Waals surface area contributed by atoms with E-state index in [4.69, 9.17) is 0 Å². The quantitative estimate of drug-likeness (QED) is 0.752. The Morgan fingerprint density at radius 3 is 2.94 bits per heavy atom. The topological polar surface area (TPSA) is 27.3 Å². The molecule has 2 aliphatic rings. The second-order valence-electron chi connectivity index (χ2n) is 5.67. The minimum absolute atomic E-state index is 0.746. The van der Waals surface area contributed by atoms with Crippen molar-refractivity contribution in [3.8, 4) is 0 Å². The Hall–Kier alpha value is -0.120. The van der Waals surface area contributed by atoms with Gasteiger partial charge in [0.15, 0.2) is 0 Å². The van der Waals surface area contributed by atoms with E-state index in [1.807, 2.05) is 0 Å². The van der Waals surface area contributed by atoms with Crippen LogP contribution in [0.3, 0.4) is 0 Å². The van der Waals surface area contributed by atoms with Gasteiger partial charge in [-0.05, 0) is 71.8 Å². The van der Waals surface area contributed by atoms with Gasteiger partial charge in [0.05, 0.1) is 0 Å². The first-order chi connectivity index (χ1) is 7.75. The Morgan fingerprint density at radius 1 is 1.38 bits per heavy atom. The molecule has 0 aliphatic carbocycles. The second kappa shape index (κ2) is 5.99. The largest absolute Gasteiger partial charge is 0.316 e. The molecular weight excluding hydrogens is 198 g/mol. The first-order valence-corrected chi connectivity index (χ1v) is 6.90. The number of hydrogen-bond acceptors (Lipinski definition) is 3. The Bertz CT molecular complexity index is 201. The predicted molar refractivity (Wildman–Crippen MR) is 68.7 cm³/mol. The first kappa shape index (κ1) is 12.3. The van der Waals surface area contributed by atoms with E-state index in [1.165, 1.54) is 51.9 Å². The van der Waals surface area contributed by atoms with Gasteiger partial charge >= 0.3 is 0 Å². The summed E-state index contributed by atoms with van der Waals surface area (Å²) in [5.74, 6) is 0.865. The number of rotatable bonds is 3. The van der Waals surface area contributed by atoms with Crippen LogP contribution in [-0.4, -0.2) is 50.2 Å². The minimum atomic E-state index is 0.746. The van der Waals surface area contributed by atoms with Crippen molar-refractivity contribution in [2.75, 3.05) is 33.2 Å².